The first-order valence-corrected chi connectivity index (χ1v) is 6.87. The second-order valence-corrected chi connectivity index (χ2v) is 5.67. The van der Waals surface area contributed by atoms with Crippen LogP contribution in [0.15, 0.2) is 22.7 Å². The van der Waals surface area contributed by atoms with Gasteiger partial charge in [0, 0.05) is 17.1 Å². The lowest BCUT2D eigenvalue weighted by Gasteiger charge is -2.21. The topological polar surface area (TPSA) is 38.3 Å². The van der Waals surface area contributed by atoms with Crippen LogP contribution in [0.25, 0.3) is 0 Å². The summed E-state index contributed by atoms with van der Waals surface area (Å²) in [5, 5.41) is 3.54. The van der Waals surface area contributed by atoms with Crippen molar-refractivity contribution < 1.29 is 9.53 Å². The van der Waals surface area contributed by atoms with Gasteiger partial charge < -0.3 is 10.1 Å². The zero-order valence-corrected chi connectivity index (χ0v) is 13.0. The standard InChI is InChI=1S/C13H17BrClNO2/c1-8(2)12(7-18-3)16-13(17)9-4-5-11(15)10(14)6-9/h4-6,8,12H,7H2,1-3H3,(H,16,17). The quantitative estimate of drug-likeness (QED) is 0.895. The van der Waals surface area contributed by atoms with Crippen LogP contribution in [0.1, 0.15) is 24.2 Å². The highest BCUT2D eigenvalue weighted by molar-refractivity contribution is 9.10. The molecule has 0 fully saturated rings. The van der Waals surface area contributed by atoms with Gasteiger partial charge in [0.1, 0.15) is 0 Å². The van der Waals surface area contributed by atoms with E-state index in [-0.39, 0.29) is 11.9 Å². The minimum Gasteiger partial charge on any atom is -0.383 e. The van der Waals surface area contributed by atoms with Crippen molar-refractivity contribution in [3.63, 3.8) is 0 Å². The van der Waals surface area contributed by atoms with Gasteiger partial charge in [0.25, 0.3) is 5.91 Å². The molecule has 0 spiro atoms. The monoisotopic (exact) mass is 333 g/mol. The molecule has 1 unspecified atom stereocenters. The number of nitrogens with one attached hydrogen (secondary N) is 1. The summed E-state index contributed by atoms with van der Waals surface area (Å²) in [7, 11) is 1.63. The predicted molar refractivity (Wildman–Crippen MR) is 77.1 cm³/mol. The number of amides is 1. The van der Waals surface area contributed by atoms with Crippen LogP contribution >= 0.6 is 27.5 Å². The molecule has 0 bridgehead atoms. The molecule has 5 heteroatoms. The van der Waals surface area contributed by atoms with Crippen molar-refractivity contribution in [3.8, 4) is 0 Å². The normalized spacial score (nSPS) is 12.6. The third-order valence-electron chi connectivity index (χ3n) is 2.65. The summed E-state index contributed by atoms with van der Waals surface area (Å²) in [5.41, 5.74) is 0.577. The molecule has 0 radical (unpaired) electrons. The first-order chi connectivity index (χ1) is 8.45. The summed E-state index contributed by atoms with van der Waals surface area (Å²) >= 11 is 9.20. The molecule has 1 amide bonds. The number of benzene rings is 1. The molecule has 0 saturated heterocycles. The van der Waals surface area contributed by atoms with Crippen LogP contribution in [0.2, 0.25) is 5.02 Å². The van der Waals surface area contributed by atoms with E-state index < -0.39 is 0 Å². The van der Waals surface area contributed by atoms with Gasteiger partial charge in [0.2, 0.25) is 0 Å². The molecule has 0 aliphatic rings. The Morgan fingerprint density at radius 3 is 2.67 bits per heavy atom. The number of carbonyl (C=O) groups excluding carboxylic acids is 1. The van der Waals surface area contributed by atoms with Crippen LogP contribution in [-0.2, 0) is 4.74 Å². The molecule has 18 heavy (non-hydrogen) atoms. The number of rotatable bonds is 5. The van der Waals surface area contributed by atoms with E-state index in [1.807, 2.05) is 13.8 Å². The molecular weight excluding hydrogens is 318 g/mol. The Bertz CT molecular complexity index is 423. The van der Waals surface area contributed by atoms with Crippen LogP contribution in [0.4, 0.5) is 0 Å². The van der Waals surface area contributed by atoms with Crippen LogP contribution in [0.3, 0.4) is 0 Å². The van der Waals surface area contributed by atoms with Crippen LogP contribution in [-0.4, -0.2) is 25.7 Å². The van der Waals surface area contributed by atoms with Crippen LogP contribution in [0.5, 0.6) is 0 Å². The fraction of sp³-hybridized carbons (Fsp3) is 0.462. The number of halogens is 2. The molecule has 1 N–H and O–H groups in total. The fourth-order valence-corrected chi connectivity index (χ4v) is 1.97. The zero-order chi connectivity index (χ0) is 13.7. The Morgan fingerprint density at radius 2 is 2.17 bits per heavy atom. The predicted octanol–water partition coefficient (Wildman–Crippen LogP) is 3.50. The smallest absolute Gasteiger partial charge is 0.251 e. The highest BCUT2D eigenvalue weighted by Gasteiger charge is 2.17. The Kier molecular flexibility index (Phi) is 6.12. The Labute approximate surface area is 121 Å². The molecule has 0 saturated carbocycles. The van der Waals surface area contributed by atoms with Crippen molar-refractivity contribution in [2.75, 3.05) is 13.7 Å². The molecule has 1 rings (SSSR count). The first-order valence-electron chi connectivity index (χ1n) is 5.70. The van der Waals surface area contributed by atoms with Gasteiger partial charge in [-0.1, -0.05) is 25.4 Å². The summed E-state index contributed by atoms with van der Waals surface area (Å²) in [6, 6.07) is 5.10. The fourth-order valence-electron chi connectivity index (χ4n) is 1.47. The van der Waals surface area contributed by atoms with Gasteiger partial charge in [-0.2, -0.15) is 0 Å². The van der Waals surface area contributed by atoms with Gasteiger partial charge in [0.05, 0.1) is 17.7 Å². The second kappa shape index (κ2) is 7.12. The van der Waals surface area contributed by atoms with E-state index >= 15 is 0 Å². The Hall–Kier alpha value is -0.580. The molecule has 1 aromatic carbocycles. The highest BCUT2D eigenvalue weighted by Crippen LogP contribution is 2.23. The van der Waals surface area contributed by atoms with E-state index in [0.29, 0.717) is 27.6 Å². The molecular formula is C13H17BrClNO2. The third kappa shape index (κ3) is 4.26. The van der Waals surface area contributed by atoms with Gasteiger partial charge in [0.15, 0.2) is 0 Å². The van der Waals surface area contributed by atoms with E-state index in [9.17, 15) is 4.79 Å². The summed E-state index contributed by atoms with van der Waals surface area (Å²) < 4.78 is 5.81. The van der Waals surface area contributed by atoms with Crippen molar-refractivity contribution in [1.82, 2.24) is 5.32 Å². The maximum atomic E-state index is 12.1. The summed E-state index contributed by atoms with van der Waals surface area (Å²) in [6.45, 7) is 4.58. The number of ether oxygens (including phenoxy) is 1. The lowest BCUT2D eigenvalue weighted by molar-refractivity contribution is 0.0866. The zero-order valence-electron chi connectivity index (χ0n) is 10.7. The molecule has 0 heterocycles. The molecule has 0 aliphatic carbocycles. The second-order valence-electron chi connectivity index (χ2n) is 4.41. The summed E-state index contributed by atoms with van der Waals surface area (Å²) in [5.74, 6) is 0.188. The average molecular weight is 335 g/mol. The number of methoxy groups -OCH3 is 1. The van der Waals surface area contributed by atoms with E-state index in [1.54, 1.807) is 25.3 Å². The van der Waals surface area contributed by atoms with Gasteiger partial charge >= 0.3 is 0 Å². The third-order valence-corrected chi connectivity index (χ3v) is 3.86. The molecule has 1 aromatic rings. The minimum atomic E-state index is -0.122. The molecule has 1 atom stereocenters. The minimum absolute atomic E-state index is 0.00282. The lowest BCUT2D eigenvalue weighted by Crippen LogP contribution is -2.41. The Balaban J connectivity index is 2.77. The number of carbonyl (C=O) groups is 1. The van der Waals surface area contributed by atoms with E-state index in [1.165, 1.54) is 0 Å². The molecule has 0 aromatic heterocycles. The van der Waals surface area contributed by atoms with Crippen molar-refractivity contribution in [2.24, 2.45) is 5.92 Å². The van der Waals surface area contributed by atoms with Gasteiger partial charge in [-0.3, -0.25) is 4.79 Å². The highest BCUT2D eigenvalue weighted by atomic mass is 79.9. The maximum absolute atomic E-state index is 12.1. The van der Waals surface area contributed by atoms with Crippen molar-refractivity contribution >= 4 is 33.4 Å². The van der Waals surface area contributed by atoms with Crippen molar-refractivity contribution in [3.05, 3.63) is 33.3 Å². The van der Waals surface area contributed by atoms with Gasteiger partial charge in [-0.15, -0.1) is 0 Å². The van der Waals surface area contributed by atoms with Crippen molar-refractivity contribution in [1.29, 1.82) is 0 Å². The van der Waals surface area contributed by atoms with E-state index in [2.05, 4.69) is 21.2 Å². The van der Waals surface area contributed by atoms with E-state index in [0.717, 1.165) is 0 Å². The largest absolute Gasteiger partial charge is 0.383 e. The Morgan fingerprint density at radius 1 is 1.50 bits per heavy atom. The van der Waals surface area contributed by atoms with Crippen molar-refractivity contribution in [2.45, 2.75) is 19.9 Å². The van der Waals surface area contributed by atoms with Crippen LogP contribution in [0, 0.1) is 5.92 Å². The molecule has 0 aliphatic heterocycles. The van der Waals surface area contributed by atoms with Gasteiger partial charge in [-0.05, 0) is 40.0 Å². The average Bonchev–Trinajstić information content (AvgIpc) is 2.31. The number of hydrogen-bond donors (Lipinski definition) is 1. The van der Waals surface area contributed by atoms with Gasteiger partial charge in [-0.25, -0.2) is 0 Å². The lowest BCUT2D eigenvalue weighted by atomic mass is 10.0. The maximum Gasteiger partial charge on any atom is 0.251 e. The molecule has 100 valence electrons. The summed E-state index contributed by atoms with van der Waals surface area (Å²) in [6.07, 6.45) is 0. The SMILES string of the molecule is COCC(NC(=O)c1ccc(Cl)c(Br)c1)C(C)C. The first kappa shape index (κ1) is 15.5. The van der Waals surface area contributed by atoms with E-state index in [4.69, 9.17) is 16.3 Å². The molecule has 3 nitrogen and oxygen atoms in total. The number of hydrogen-bond acceptors (Lipinski definition) is 2. The van der Waals surface area contributed by atoms with Crippen LogP contribution < -0.4 is 5.32 Å². The summed E-state index contributed by atoms with van der Waals surface area (Å²) in [4.78, 5) is 12.1.